The Kier molecular flexibility index (Phi) is 4.56. The Morgan fingerprint density at radius 2 is 1.60 bits per heavy atom. The fraction of sp³-hybridized carbons (Fsp3) is 0.250. The molecule has 1 fully saturated rings. The molecule has 1 aliphatic heterocycles. The number of hydrogen-bond donors (Lipinski definition) is 1. The second kappa shape index (κ2) is 6.40. The summed E-state index contributed by atoms with van der Waals surface area (Å²) < 4.78 is 63.9. The number of aliphatic hydroxyl groups excluding tert-OH is 1. The van der Waals surface area contributed by atoms with Crippen LogP contribution in [0.4, 0.5) is 10.1 Å². The maximum Gasteiger partial charge on any atom is 0.264 e. The Balaban J connectivity index is 2.13. The Bertz CT molecular complexity index is 959. The average molecular weight is 385 g/mol. The minimum atomic E-state index is -4.20. The molecule has 0 radical (unpaired) electrons. The lowest BCUT2D eigenvalue weighted by molar-refractivity contribution is 0.184. The zero-order chi connectivity index (χ0) is 18.2. The molecular weight excluding hydrogens is 369 g/mol. The lowest BCUT2D eigenvalue weighted by atomic mass is 10.2. The van der Waals surface area contributed by atoms with Crippen molar-refractivity contribution in [3.05, 3.63) is 60.4 Å². The highest BCUT2D eigenvalue weighted by atomic mass is 32.2. The van der Waals surface area contributed by atoms with Crippen molar-refractivity contribution in [3.63, 3.8) is 0 Å². The van der Waals surface area contributed by atoms with Crippen molar-refractivity contribution in [2.24, 2.45) is 0 Å². The van der Waals surface area contributed by atoms with Crippen molar-refractivity contribution in [2.45, 2.75) is 17.0 Å². The second-order valence-electron chi connectivity index (χ2n) is 5.80. The topological polar surface area (TPSA) is 91.8 Å². The van der Waals surface area contributed by atoms with E-state index >= 15 is 0 Å². The van der Waals surface area contributed by atoms with Gasteiger partial charge in [0.2, 0.25) is 0 Å². The molecular formula is C16H16FNO5S2. The third-order valence-corrected chi connectivity index (χ3v) is 7.54. The Hall–Kier alpha value is -1.97. The van der Waals surface area contributed by atoms with Gasteiger partial charge in [-0.15, -0.1) is 0 Å². The summed E-state index contributed by atoms with van der Waals surface area (Å²) in [6.07, 6.45) is -1.35. The van der Waals surface area contributed by atoms with Crippen LogP contribution in [0.3, 0.4) is 0 Å². The second-order valence-corrected chi connectivity index (χ2v) is 9.77. The molecule has 0 aliphatic carbocycles. The van der Waals surface area contributed by atoms with E-state index in [-0.39, 0.29) is 10.6 Å². The number of halogens is 1. The summed E-state index contributed by atoms with van der Waals surface area (Å²) in [5, 5.41) is 10.2. The average Bonchev–Trinajstić information content (AvgIpc) is 2.81. The van der Waals surface area contributed by atoms with E-state index in [0.29, 0.717) is 0 Å². The highest BCUT2D eigenvalue weighted by molar-refractivity contribution is 7.93. The molecule has 1 aliphatic rings. The number of hydrogen-bond acceptors (Lipinski definition) is 5. The van der Waals surface area contributed by atoms with Crippen molar-refractivity contribution >= 4 is 25.5 Å². The molecule has 0 aromatic heterocycles. The first-order valence-electron chi connectivity index (χ1n) is 7.44. The van der Waals surface area contributed by atoms with Crippen LogP contribution in [0.15, 0.2) is 59.5 Å². The number of nitrogens with zero attached hydrogens (tertiary/aromatic N) is 1. The molecule has 134 valence electrons. The van der Waals surface area contributed by atoms with Gasteiger partial charge in [-0.05, 0) is 36.4 Å². The van der Waals surface area contributed by atoms with Crippen LogP contribution in [0.5, 0.6) is 0 Å². The smallest absolute Gasteiger partial charge is 0.264 e. The molecule has 1 saturated heterocycles. The minimum absolute atomic E-state index is 0.186. The molecule has 3 rings (SSSR count). The molecule has 9 heteroatoms. The molecule has 0 amide bonds. The summed E-state index contributed by atoms with van der Waals surface area (Å²) >= 11 is 0. The van der Waals surface area contributed by atoms with Gasteiger partial charge in [0.05, 0.1) is 34.2 Å². The van der Waals surface area contributed by atoms with Crippen LogP contribution in [0.2, 0.25) is 0 Å². The number of para-hydroxylation sites is 1. The highest BCUT2D eigenvalue weighted by Gasteiger charge is 2.44. The van der Waals surface area contributed by atoms with Crippen LogP contribution >= 0.6 is 0 Å². The van der Waals surface area contributed by atoms with Crippen LogP contribution in [0.1, 0.15) is 0 Å². The summed E-state index contributed by atoms with van der Waals surface area (Å²) in [6.45, 7) is 0. The van der Waals surface area contributed by atoms with E-state index in [0.717, 1.165) is 28.6 Å². The summed E-state index contributed by atoms with van der Waals surface area (Å²) in [6, 6.07) is 11.0. The fourth-order valence-corrected chi connectivity index (χ4v) is 6.38. The monoisotopic (exact) mass is 385 g/mol. The fourth-order valence-electron chi connectivity index (χ4n) is 2.84. The van der Waals surface area contributed by atoms with Crippen LogP contribution in [0, 0.1) is 5.82 Å². The van der Waals surface area contributed by atoms with Gasteiger partial charge in [-0.1, -0.05) is 18.2 Å². The maximum atomic E-state index is 13.1. The van der Waals surface area contributed by atoms with E-state index in [9.17, 15) is 26.3 Å². The van der Waals surface area contributed by atoms with Crippen molar-refractivity contribution in [1.29, 1.82) is 0 Å². The first-order chi connectivity index (χ1) is 11.7. The molecule has 0 unspecified atom stereocenters. The minimum Gasteiger partial charge on any atom is -0.390 e. The molecule has 0 saturated carbocycles. The summed E-state index contributed by atoms with van der Waals surface area (Å²) in [4.78, 5) is -0.186. The zero-order valence-electron chi connectivity index (χ0n) is 13.0. The lowest BCUT2D eigenvalue weighted by Gasteiger charge is -2.31. The predicted octanol–water partition coefficient (Wildman–Crippen LogP) is 1.18. The first kappa shape index (κ1) is 17.8. The van der Waals surface area contributed by atoms with Gasteiger partial charge in [0, 0.05) is 0 Å². The van der Waals surface area contributed by atoms with E-state index in [4.69, 9.17) is 0 Å². The zero-order valence-corrected chi connectivity index (χ0v) is 14.6. The Morgan fingerprint density at radius 3 is 2.12 bits per heavy atom. The van der Waals surface area contributed by atoms with Crippen LogP contribution in [0.25, 0.3) is 0 Å². The number of sulfone groups is 1. The Labute approximate surface area is 145 Å². The molecule has 1 heterocycles. The van der Waals surface area contributed by atoms with Crippen molar-refractivity contribution in [1.82, 2.24) is 0 Å². The van der Waals surface area contributed by atoms with Crippen molar-refractivity contribution in [2.75, 3.05) is 15.8 Å². The largest absolute Gasteiger partial charge is 0.390 e. The first-order valence-corrected chi connectivity index (χ1v) is 10.7. The number of anilines is 1. The van der Waals surface area contributed by atoms with Gasteiger partial charge in [0.15, 0.2) is 9.84 Å². The third kappa shape index (κ3) is 3.53. The molecule has 6 nitrogen and oxygen atoms in total. The molecule has 2 aromatic carbocycles. The summed E-state index contributed by atoms with van der Waals surface area (Å²) in [7, 11) is -7.76. The van der Waals surface area contributed by atoms with E-state index in [1.807, 2.05) is 0 Å². The highest BCUT2D eigenvalue weighted by Crippen LogP contribution is 2.31. The van der Waals surface area contributed by atoms with E-state index < -0.39 is 49.3 Å². The third-order valence-electron chi connectivity index (χ3n) is 3.98. The van der Waals surface area contributed by atoms with Crippen molar-refractivity contribution < 1.29 is 26.3 Å². The van der Waals surface area contributed by atoms with Crippen LogP contribution in [-0.2, 0) is 19.9 Å². The quantitative estimate of drug-likeness (QED) is 0.853. The van der Waals surface area contributed by atoms with E-state index in [1.165, 1.54) is 12.1 Å². The Morgan fingerprint density at radius 1 is 1.00 bits per heavy atom. The standard InChI is InChI=1S/C16H16FNO5S2/c17-12-6-8-14(9-7-12)25(22,23)18(13-4-2-1-3-5-13)15-10-24(20,21)11-16(15)19/h1-9,15-16,19H,10-11H2/t15-,16+/m1/s1. The molecule has 2 atom stereocenters. The van der Waals surface area contributed by atoms with Crippen molar-refractivity contribution in [3.8, 4) is 0 Å². The molecule has 0 spiro atoms. The lowest BCUT2D eigenvalue weighted by Crippen LogP contribution is -2.47. The molecule has 2 aromatic rings. The van der Waals surface area contributed by atoms with Gasteiger partial charge in [0.1, 0.15) is 5.82 Å². The van der Waals surface area contributed by atoms with E-state index in [2.05, 4.69) is 0 Å². The van der Waals surface area contributed by atoms with Crippen LogP contribution < -0.4 is 4.31 Å². The number of aliphatic hydroxyl groups is 1. The summed E-state index contributed by atoms with van der Waals surface area (Å²) in [5.41, 5.74) is 0.230. The van der Waals surface area contributed by atoms with E-state index in [1.54, 1.807) is 18.2 Å². The SMILES string of the molecule is O=S1(=O)C[C@@H](N(c2ccccc2)S(=O)(=O)c2ccc(F)cc2)[C@@H](O)C1. The summed E-state index contributed by atoms with van der Waals surface area (Å²) in [5.74, 6) is -1.57. The maximum absolute atomic E-state index is 13.1. The van der Waals surface area contributed by atoms with Gasteiger partial charge < -0.3 is 5.11 Å². The normalized spacial score (nSPS) is 22.6. The van der Waals surface area contributed by atoms with Gasteiger partial charge in [0.25, 0.3) is 10.0 Å². The number of sulfonamides is 1. The number of rotatable bonds is 4. The van der Waals surface area contributed by atoms with Gasteiger partial charge in [-0.25, -0.2) is 21.2 Å². The van der Waals surface area contributed by atoms with Crippen LogP contribution in [-0.4, -0.2) is 45.6 Å². The number of benzene rings is 2. The molecule has 1 N–H and O–H groups in total. The van der Waals surface area contributed by atoms with Gasteiger partial charge >= 0.3 is 0 Å². The molecule has 25 heavy (non-hydrogen) atoms. The van der Waals surface area contributed by atoms with Gasteiger partial charge in [-0.3, -0.25) is 4.31 Å². The molecule has 0 bridgehead atoms. The predicted molar refractivity (Wildman–Crippen MR) is 91.0 cm³/mol. The van der Waals surface area contributed by atoms with Gasteiger partial charge in [-0.2, -0.15) is 0 Å².